The molecule has 4 rings (SSSR count). The van der Waals surface area contributed by atoms with Crippen LogP contribution in [0.4, 0.5) is 5.69 Å². The highest BCUT2D eigenvalue weighted by atomic mass is 16.2. The van der Waals surface area contributed by atoms with E-state index >= 15 is 0 Å². The Morgan fingerprint density at radius 2 is 1.80 bits per heavy atom. The van der Waals surface area contributed by atoms with Crippen molar-refractivity contribution < 1.29 is 9.59 Å². The number of rotatable bonds is 5. The Morgan fingerprint density at radius 1 is 1.10 bits per heavy atom. The number of nitrogens with zero attached hydrogens (tertiary/aromatic N) is 1. The second kappa shape index (κ2) is 8.74. The molecule has 2 heterocycles. The summed E-state index contributed by atoms with van der Waals surface area (Å²) in [5.41, 5.74) is 4.06. The molecule has 0 radical (unpaired) electrons. The van der Waals surface area contributed by atoms with Gasteiger partial charge in [-0.1, -0.05) is 44.2 Å². The number of amides is 2. The molecule has 0 unspecified atom stereocenters. The van der Waals surface area contributed by atoms with Crippen LogP contribution in [-0.4, -0.2) is 34.8 Å². The van der Waals surface area contributed by atoms with Crippen molar-refractivity contribution in [2.75, 3.05) is 18.4 Å². The topological polar surface area (TPSA) is 65.2 Å². The first-order valence-electron chi connectivity index (χ1n) is 10.8. The SMILES string of the molecule is CC[C@H](C)C(=O)N1CCC(C(=O)Nc2ccc(-c3cc4ccccc4[nH]3)cc2)CC1. The van der Waals surface area contributed by atoms with Gasteiger partial charge in [0, 0.05) is 47.2 Å². The fraction of sp³-hybridized carbons (Fsp3) is 0.360. The van der Waals surface area contributed by atoms with E-state index in [1.165, 1.54) is 5.39 Å². The number of fused-ring (bicyclic) bond motifs is 1. The van der Waals surface area contributed by atoms with E-state index < -0.39 is 0 Å². The third-order valence-corrected chi connectivity index (χ3v) is 6.20. The summed E-state index contributed by atoms with van der Waals surface area (Å²) in [4.78, 5) is 30.4. The van der Waals surface area contributed by atoms with Gasteiger partial charge in [0.05, 0.1) is 0 Å². The van der Waals surface area contributed by atoms with Gasteiger partial charge in [0.2, 0.25) is 11.8 Å². The number of carbonyl (C=O) groups is 2. The number of aromatic amines is 1. The van der Waals surface area contributed by atoms with E-state index in [2.05, 4.69) is 28.5 Å². The molecule has 156 valence electrons. The first-order chi connectivity index (χ1) is 14.5. The largest absolute Gasteiger partial charge is 0.355 e. The van der Waals surface area contributed by atoms with E-state index in [9.17, 15) is 9.59 Å². The van der Waals surface area contributed by atoms with Gasteiger partial charge >= 0.3 is 0 Å². The maximum Gasteiger partial charge on any atom is 0.227 e. The summed E-state index contributed by atoms with van der Waals surface area (Å²) in [6.45, 7) is 5.34. The molecule has 5 nitrogen and oxygen atoms in total. The zero-order valence-corrected chi connectivity index (χ0v) is 17.7. The summed E-state index contributed by atoms with van der Waals surface area (Å²) in [6.07, 6.45) is 2.30. The molecule has 1 aliphatic heterocycles. The average Bonchev–Trinajstić information content (AvgIpc) is 3.23. The van der Waals surface area contributed by atoms with Gasteiger partial charge in [-0.15, -0.1) is 0 Å². The quantitative estimate of drug-likeness (QED) is 0.625. The van der Waals surface area contributed by atoms with E-state index in [4.69, 9.17) is 0 Å². The number of carbonyl (C=O) groups excluding carboxylic acids is 2. The summed E-state index contributed by atoms with van der Waals surface area (Å²) < 4.78 is 0. The molecule has 2 aromatic carbocycles. The molecular formula is C25H29N3O2. The molecule has 3 aromatic rings. The molecule has 30 heavy (non-hydrogen) atoms. The minimum atomic E-state index is -0.0423. The third kappa shape index (κ3) is 4.25. The minimum Gasteiger partial charge on any atom is -0.355 e. The van der Waals surface area contributed by atoms with E-state index in [0.717, 1.165) is 41.7 Å². The summed E-state index contributed by atoms with van der Waals surface area (Å²) >= 11 is 0. The summed E-state index contributed by atoms with van der Waals surface area (Å²) in [5.74, 6) is 0.276. The fourth-order valence-corrected chi connectivity index (χ4v) is 4.05. The highest BCUT2D eigenvalue weighted by Crippen LogP contribution is 2.26. The van der Waals surface area contributed by atoms with Crippen LogP contribution in [0.2, 0.25) is 0 Å². The number of benzene rings is 2. The van der Waals surface area contributed by atoms with E-state index in [1.807, 2.05) is 55.1 Å². The van der Waals surface area contributed by atoms with Gasteiger partial charge in [0.1, 0.15) is 0 Å². The number of aromatic nitrogens is 1. The molecule has 2 N–H and O–H groups in total. The molecule has 1 aliphatic rings. The number of para-hydroxylation sites is 1. The van der Waals surface area contributed by atoms with Crippen molar-refractivity contribution in [3.8, 4) is 11.3 Å². The number of nitrogens with one attached hydrogen (secondary N) is 2. The van der Waals surface area contributed by atoms with Crippen LogP contribution in [0.3, 0.4) is 0 Å². The lowest BCUT2D eigenvalue weighted by Gasteiger charge is -2.32. The summed E-state index contributed by atoms with van der Waals surface area (Å²) in [7, 11) is 0. The molecular weight excluding hydrogens is 374 g/mol. The van der Waals surface area contributed by atoms with Crippen LogP contribution in [-0.2, 0) is 9.59 Å². The number of H-pyrrole nitrogens is 1. The van der Waals surface area contributed by atoms with Crippen LogP contribution < -0.4 is 5.32 Å². The zero-order chi connectivity index (χ0) is 21.1. The van der Waals surface area contributed by atoms with Gasteiger partial charge in [0.15, 0.2) is 0 Å². The average molecular weight is 404 g/mol. The van der Waals surface area contributed by atoms with Crippen molar-refractivity contribution in [2.24, 2.45) is 11.8 Å². The normalized spacial score (nSPS) is 15.9. The second-order valence-corrected chi connectivity index (χ2v) is 8.25. The highest BCUT2D eigenvalue weighted by Gasteiger charge is 2.28. The predicted octanol–water partition coefficient (Wildman–Crippen LogP) is 5.06. The molecule has 1 atom stereocenters. The molecule has 0 spiro atoms. The number of likely N-dealkylation sites (tertiary alicyclic amines) is 1. The molecule has 0 bridgehead atoms. The maximum atomic E-state index is 12.7. The lowest BCUT2D eigenvalue weighted by molar-refractivity contribution is -0.138. The van der Waals surface area contributed by atoms with Crippen LogP contribution in [0.5, 0.6) is 0 Å². The lowest BCUT2D eigenvalue weighted by Crippen LogP contribution is -2.43. The zero-order valence-electron chi connectivity index (χ0n) is 17.7. The Kier molecular flexibility index (Phi) is 5.88. The van der Waals surface area contributed by atoms with Crippen molar-refractivity contribution in [1.82, 2.24) is 9.88 Å². The van der Waals surface area contributed by atoms with E-state index in [-0.39, 0.29) is 23.7 Å². The second-order valence-electron chi connectivity index (χ2n) is 8.25. The first-order valence-corrected chi connectivity index (χ1v) is 10.8. The third-order valence-electron chi connectivity index (χ3n) is 6.20. The standard InChI is InChI=1S/C25H29N3O2/c1-3-17(2)25(30)28-14-12-19(13-15-28)24(29)26-21-10-8-18(9-11-21)23-16-20-6-4-5-7-22(20)27-23/h4-11,16-17,19,27H,3,12-15H2,1-2H3,(H,26,29)/t17-/m0/s1. The van der Waals surface area contributed by atoms with Gasteiger partial charge in [-0.05, 0) is 49.1 Å². The number of piperidine rings is 1. The molecule has 2 amide bonds. The number of anilines is 1. The smallest absolute Gasteiger partial charge is 0.227 e. The Morgan fingerprint density at radius 3 is 2.47 bits per heavy atom. The maximum absolute atomic E-state index is 12.7. The number of hydrogen-bond donors (Lipinski definition) is 2. The molecule has 1 fully saturated rings. The fourth-order valence-electron chi connectivity index (χ4n) is 4.05. The Bertz CT molecular complexity index is 997. The molecule has 0 saturated carbocycles. The van der Waals surface area contributed by atoms with Crippen LogP contribution in [0.25, 0.3) is 22.2 Å². The van der Waals surface area contributed by atoms with E-state index in [0.29, 0.717) is 13.1 Å². The van der Waals surface area contributed by atoms with Gasteiger partial charge < -0.3 is 15.2 Å². The van der Waals surface area contributed by atoms with Crippen LogP contribution in [0.1, 0.15) is 33.1 Å². The monoisotopic (exact) mass is 403 g/mol. The molecule has 1 saturated heterocycles. The predicted molar refractivity (Wildman–Crippen MR) is 121 cm³/mol. The Labute approximate surface area is 177 Å². The van der Waals surface area contributed by atoms with Crippen LogP contribution in [0.15, 0.2) is 54.6 Å². The van der Waals surface area contributed by atoms with Gasteiger partial charge in [-0.2, -0.15) is 0 Å². The van der Waals surface area contributed by atoms with Crippen molar-refractivity contribution >= 4 is 28.4 Å². The number of hydrogen-bond acceptors (Lipinski definition) is 2. The van der Waals surface area contributed by atoms with E-state index in [1.54, 1.807) is 0 Å². The highest BCUT2D eigenvalue weighted by molar-refractivity contribution is 5.93. The molecule has 5 heteroatoms. The Hall–Kier alpha value is -3.08. The Balaban J connectivity index is 1.34. The van der Waals surface area contributed by atoms with Crippen LogP contribution in [0, 0.1) is 11.8 Å². The van der Waals surface area contributed by atoms with Crippen molar-refractivity contribution in [3.05, 3.63) is 54.6 Å². The van der Waals surface area contributed by atoms with Crippen molar-refractivity contribution in [3.63, 3.8) is 0 Å². The van der Waals surface area contributed by atoms with Crippen LogP contribution >= 0.6 is 0 Å². The van der Waals surface area contributed by atoms with Crippen molar-refractivity contribution in [2.45, 2.75) is 33.1 Å². The molecule has 1 aromatic heterocycles. The summed E-state index contributed by atoms with van der Waals surface area (Å²) in [5, 5.41) is 4.23. The molecule has 0 aliphatic carbocycles. The van der Waals surface area contributed by atoms with Gasteiger partial charge in [-0.25, -0.2) is 0 Å². The van der Waals surface area contributed by atoms with Gasteiger partial charge in [0.25, 0.3) is 0 Å². The van der Waals surface area contributed by atoms with Gasteiger partial charge in [-0.3, -0.25) is 9.59 Å². The minimum absolute atomic E-state index is 0.0423. The lowest BCUT2D eigenvalue weighted by atomic mass is 9.94. The van der Waals surface area contributed by atoms with Crippen molar-refractivity contribution in [1.29, 1.82) is 0 Å². The summed E-state index contributed by atoms with van der Waals surface area (Å²) in [6, 6.07) is 18.3. The first kappa shape index (κ1) is 20.2.